The highest BCUT2D eigenvalue weighted by Gasteiger charge is 2.16. The number of nitrogens with zero attached hydrogens (tertiary/aromatic N) is 2. The maximum absolute atomic E-state index is 11.7. The van der Waals surface area contributed by atoms with Crippen LogP contribution in [0.15, 0.2) is 42.6 Å². The first-order valence-electron chi connectivity index (χ1n) is 8.04. The molecule has 0 atom stereocenters. The molecule has 0 aliphatic heterocycles. The van der Waals surface area contributed by atoms with E-state index < -0.39 is 0 Å². The van der Waals surface area contributed by atoms with Crippen molar-refractivity contribution in [3.63, 3.8) is 0 Å². The van der Waals surface area contributed by atoms with Gasteiger partial charge in [0.05, 0.1) is 6.61 Å². The number of carbonyl (C=O) groups is 1. The Kier molecular flexibility index (Phi) is 4.51. The topological polar surface area (TPSA) is 55.6 Å². The molecule has 5 nitrogen and oxygen atoms in total. The summed E-state index contributed by atoms with van der Waals surface area (Å²) in [7, 11) is 0. The van der Waals surface area contributed by atoms with E-state index in [0.717, 1.165) is 33.8 Å². The number of benzene rings is 1. The molecule has 0 unspecified atom stereocenters. The van der Waals surface area contributed by atoms with E-state index in [9.17, 15) is 4.79 Å². The van der Waals surface area contributed by atoms with Crippen LogP contribution in [0.2, 0.25) is 0 Å². The van der Waals surface area contributed by atoms with E-state index in [-0.39, 0.29) is 12.5 Å². The Morgan fingerprint density at radius 1 is 1.21 bits per heavy atom. The Bertz CT molecular complexity index is 883. The first-order valence-corrected chi connectivity index (χ1v) is 8.04. The van der Waals surface area contributed by atoms with Gasteiger partial charge in [0.1, 0.15) is 23.7 Å². The van der Waals surface area contributed by atoms with Gasteiger partial charge in [-0.25, -0.2) is 4.98 Å². The third kappa shape index (κ3) is 3.11. The second kappa shape index (κ2) is 6.74. The molecular formula is C19H21N3O2. The molecule has 0 amide bonds. The van der Waals surface area contributed by atoms with Crippen molar-refractivity contribution >= 4 is 17.4 Å². The second-order valence-electron chi connectivity index (χ2n) is 5.72. The highest BCUT2D eigenvalue weighted by atomic mass is 16.5. The highest BCUT2D eigenvalue weighted by molar-refractivity contribution is 5.82. The van der Waals surface area contributed by atoms with Gasteiger partial charge < -0.3 is 10.1 Å². The van der Waals surface area contributed by atoms with Crippen molar-refractivity contribution in [1.82, 2.24) is 9.38 Å². The molecule has 2 aromatic heterocycles. The van der Waals surface area contributed by atoms with Gasteiger partial charge >= 0.3 is 5.97 Å². The minimum Gasteiger partial charge on any atom is -0.465 e. The molecule has 3 rings (SSSR count). The standard InChI is InChI=1S/C19H21N3O2/c1-4-24-17(23)11-20-19-18(15-8-6-5-7-14(15)3)21-16-10-9-13(2)12-22(16)19/h5-10,12,20H,4,11H2,1-3H3. The molecule has 0 radical (unpaired) electrons. The van der Waals surface area contributed by atoms with Crippen molar-refractivity contribution in [2.24, 2.45) is 0 Å². The first kappa shape index (κ1) is 16.1. The number of nitrogens with one attached hydrogen (secondary N) is 1. The number of aryl methyl sites for hydroxylation is 2. The zero-order chi connectivity index (χ0) is 17.1. The quantitative estimate of drug-likeness (QED) is 0.729. The Hall–Kier alpha value is -2.82. The summed E-state index contributed by atoms with van der Waals surface area (Å²) in [5.74, 6) is 0.520. The molecule has 1 aromatic carbocycles. The van der Waals surface area contributed by atoms with Gasteiger partial charge in [-0.1, -0.05) is 30.3 Å². The largest absolute Gasteiger partial charge is 0.465 e. The van der Waals surface area contributed by atoms with E-state index in [2.05, 4.69) is 18.3 Å². The van der Waals surface area contributed by atoms with Crippen LogP contribution < -0.4 is 5.32 Å². The van der Waals surface area contributed by atoms with E-state index in [1.807, 2.05) is 47.9 Å². The lowest BCUT2D eigenvalue weighted by Crippen LogP contribution is -2.18. The van der Waals surface area contributed by atoms with E-state index in [4.69, 9.17) is 9.72 Å². The number of anilines is 1. The molecule has 0 spiro atoms. The first-order chi connectivity index (χ1) is 11.6. The SMILES string of the molecule is CCOC(=O)CNc1c(-c2ccccc2C)nc2ccc(C)cn12. The van der Waals surface area contributed by atoms with Gasteiger partial charge in [-0.3, -0.25) is 9.20 Å². The van der Waals surface area contributed by atoms with Crippen LogP contribution in [-0.2, 0) is 9.53 Å². The number of carbonyl (C=O) groups excluding carboxylic acids is 1. The van der Waals surface area contributed by atoms with Crippen molar-refractivity contribution in [3.05, 3.63) is 53.7 Å². The fourth-order valence-electron chi connectivity index (χ4n) is 2.71. The van der Waals surface area contributed by atoms with Crippen molar-refractivity contribution in [3.8, 4) is 11.3 Å². The van der Waals surface area contributed by atoms with Gasteiger partial charge in [0.15, 0.2) is 0 Å². The summed E-state index contributed by atoms with van der Waals surface area (Å²) in [5, 5.41) is 3.20. The molecule has 0 saturated heterocycles. The molecule has 0 saturated carbocycles. The molecule has 0 aliphatic rings. The Morgan fingerprint density at radius 3 is 2.75 bits per heavy atom. The maximum atomic E-state index is 11.7. The molecule has 0 aliphatic carbocycles. The van der Waals surface area contributed by atoms with E-state index in [1.165, 1.54) is 0 Å². The number of fused-ring (bicyclic) bond motifs is 1. The van der Waals surface area contributed by atoms with Crippen LogP contribution in [0.4, 0.5) is 5.82 Å². The van der Waals surface area contributed by atoms with Gasteiger partial charge in [-0.2, -0.15) is 0 Å². The minimum atomic E-state index is -0.282. The summed E-state index contributed by atoms with van der Waals surface area (Å²) in [4.78, 5) is 16.5. The normalized spacial score (nSPS) is 10.8. The Balaban J connectivity index is 2.09. The molecule has 2 heterocycles. The lowest BCUT2D eigenvalue weighted by Gasteiger charge is -2.10. The Morgan fingerprint density at radius 2 is 2.00 bits per heavy atom. The van der Waals surface area contributed by atoms with Gasteiger partial charge in [-0.05, 0) is 38.0 Å². The van der Waals surface area contributed by atoms with Crippen molar-refractivity contribution in [1.29, 1.82) is 0 Å². The predicted molar refractivity (Wildman–Crippen MR) is 95.2 cm³/mol. The smallest absolute Gasteiger partial charge is 0.325 e. The number of hydrogen-bond acceptors (Lipinski definition) is 4. The summed E-state index contributed by atoms with van der Waals surface area (Å²) in [5.41, 5.74) is 4.98. The van der Waals surface area contributed by atoms with Crippen LogP contribution in [0.3, 0.4) is 0 Å². The molecule has 3 aromatic rings. The van der Waals surface area contributed by atoms with Crippen molar-refractivity contribution < 1.29 is 9.53 Å². The lowest BCUT2D eigenvalue weighted by molar-refractivity contribution is -0.140. The zero-order valence-corrected chi connectivity index (χ0v) is 14.2. The average Bonchev–Trinajstić information content (AvgIpc) is 2.91. The van der Waals surface area contributed by atoms with E-state index in [0.29, 0.717) is 6.61 Å². The number of pyridine rings is 1. The molecule has 124 valence electrons. The van der Waals surface area contributed by atoms with Gasteiger partial charge in [0.2, 0.25) is 0 Å². The molecule has 1 N–H and O–H groups in total. The van der Waals surface area contributed by atoms with Crippen LogP contribution in [-0.4, -0.2) is 28.5 Å². The predicted octanol–water partition coefficient (Wildman–Crippen LogP) is 3.59. The van der Waals surface area contributed by atoms with Crippen LogP contribution >= 0.6 is 0 Å². The zero-order valence-electron chi connectivity index (χ0n) is 14.2. The summed E-state index contributed by atoms with van der Waals surface area (Å²) in [6.45, 7) is 6.36. The number of imidazole rings is 1. The average molecular weight is 323 g/mol. The second-order valence-corrected chi connectivity index (χ2v) is 5.72. The summed E-state index contributed by atoms with van der Waals surface area (Å²) in [6, 6.07) is 12.1. The third-order valence-electron chi connectivity index (χ3n) is 3.87. The molecule has 0 fully saturated rings. The molecule has 24 heavy (non-hydrogen) atoms. The van der Waals surface area contributed by atoms with Gasteiger partial charge in [0, 0.05) is 11.8 Å². The van der Waals surface area contributed by atoms with E-state index >= 15 is 0 Å². The fraction of sp³-hybridized carbons (Fsp3) is 0.263. The summed E-state index contributed by atoms with van der Waals surface area (Å²) >= 11 is 0. The number of rotatable bonds is 5. The number of hydrogen-bond donors (Lipinski definition) is 1. The monoisotopic (exact) mass is 323 g/mol. The number of esters is 1. The summed E-state index contributed by atoms with van der Waals surface area (Å²) in [6.07, 6.45) is 2.01. The third-order valence-corrected chi connectivity index (χ3v) is 3.87. The number of ether oxygens (including phenoxy) is 1. The highest BCUT2D eigenvalue weighted by Crippen LogP contribution is 2.31. The molecule has 5 heteroatoms. The van der Waals surface area contributed by atoms with Crippen molar-refractivity contribution in [2.75, 3.05) is 18.5 Å². The summed E-state index contributed by atoms with van der Waals surface area (Å²) < 4.78 is 7.00. The minimum absolute atomic E-state index is 0.106. The fourth-order valence-corrected chi connectivity index (χ4v) is 2.71. The maximum Gasteiger partial charge on any atom is 0.325 e. The van der Waals surface area contributed by atoms with Crippen LogP contribution in [0, 0.1) is 13.8 Å². The lowest BCUT2D eigenvalue weighted by atomic mass is 10.1. The van der Waals surface area contributed by atoms with Crippen LogP contribution in [0.25, 0.3) is 16.9 Å². The van der Waals surface area contributed by atoms with Crippen LogP contribution in [0.1, 0.15) is 18.1 Å². The molecular weight excluding hydrogens is 302 g/mol. The van der Waals surface area contributed by atoms with Gasteiger partial charge in [-0.15, -0.1) is 0 Å². The van der Waals surface area contributed by atoms with Crippen LogP contribution in [0.5, 0.6) is 0 Å². The van der Waals surface area contributed by atoms with Crippen molar-refractivity contribution in [2.45, 2.75) is 20.8 Å². The van der Waals surface area contributed by atoms with E-state index in [1.54, 1.807) is 6.92 Å². The molecule has 0 bridgehead atoms. The van der Waals surface area contributed by atoms with Gasteiger partial charge in [0.25, 0.3) is 0 Å². The number of aromatic nitrogens is 2. The Labute approximate surface area is 141 Å².